The Labute approximate surface area is 183 Å². The predicted molar refractivity (Wildman–Crippen MR) is 118 cm³/mol. The number of benzene rings is 2. The molecule has 0 saturated carbocycles. The first kappa shape index (κ1) is 20.6. The molecule has 1 aliphatic rings. The summed E-state index contributed by atoms with van der Waals surface area (Å²) in [5, 5.41) is 13.2. The minimum Gasteiger partial charge on any atom is -0.507 e. The van der Waals surface area contributed by atoms with Crippen molar-refractivity contribution in [3.63, 3.8) is 0 Å². The molecule has 8 heteroatoms. The number of anilines is 1. The summed E-state index contributed by atoms with van der Waals surface area (Å²) in [6, 6.07) is 13.0. The molecular formula is C23H20N2O5S. The van der Waals surface area contributed by atoms with Crippen LogP contribution >= 0.6 is 11.3 Å². The third kappa shape index (κ3) is 3.77. The van der Waals surface area contributed by atoms with E-state index in [-0.39, 0.29) is 11.3 Å². The Balaban J connectivity index is 1.89. The van der Waals surface area contributed by atoms with Crippen LogP contribution in [0.15, 0.2) is 65.7 Å². The number of Topliss-reactive ketones (excluding diaryl/α,β-unsaturated/α-hetero) is 1. The average molecular weight is 436 g/mol. The van der Waals surface area contributed by atoms with Gasteiger partial charge in [-0.25, -0.2) is 4.98 Å². The molecule has 1 atom stereocenters. The Morgan fingerprint density at radius 1 is 1.16 bits per heavy atom. The molecule has 1 saturated heterocycles. The Morgan fingerprint density at radius 3 is 2.58 bits per heavy atom. The maximum atomic E-state index is 13.0. The number of ketones is 1. The van der Waals surface area contributed by atoms with E-state index in [4.69, 9.17) is 9.47 Å². The average Bonchev–Trinajstić information content (AvgIpc) is 3.41. The molecule has 1 aromatic heterocycles. The summed E-state index contributed by atoms with van der Waals surface area (Å²) in [5.74, 6) is -0.580. The summed E-state index contributed by atoms with van der Waals surface area (Å²) < 4.78 is 10.7. The predicted octanol–water partition coefficient (Wildman–Crippen LogP) is 4.18. The molecule has 1 N–H and O–H groups in total. The molecule has 0 bridgehead atoms. The number of aliphatic hydroxyl groups excluding tert-OH is 1. The molecule has 2 heterocycles. The fourth-order valence-corrected chi connectivity index (χ4v) is 4.19. The van der Waals surface area contributed by atoms with E-state index < -0.39 is 17.7 Å². The van der Waals surface area contributed by atoms with Crippen molar-refractivity contribution < 1.29 is 24.2 Å². The van der Waals surface area contributed by atoms with E-state index in [1.165, 1.54) is 23.3 Å². The molecule has 1 unspecified atom stereocenters. The van der Waals surface area contributed by atoms with Gasteiger partial charge < -0.3 is 14.6 Å². The second-order valence-electron chi connectivity index (χ2n) is 6.72. The summed E-state index contributed by atoms with van der Waals surface area (Å²) in [5.41, 5.74) is 1.03. The lowest BCUT2D eigenvalue weighted by Gasteiger charge is -2.23. The smallest absolute Gasteiger partial charge is 0.301 e. The maximum absolute atomic E-state index is 13.0. The van der Waals surface area contributed by atoms with Crippen molar-refractivity contribution in [2.75, 3.05) is 18.6 Å². The Hall–Kier alpha value is -3.65. The lowest BCUT2D eigenvalue weighted by Crippen LogP contribution is -2.29. The molecule has 0 aliphatic carbocycles. The van der Waals surface area contributed by atoms with Crippen LogP contribution < -0.4 is 14.4 Å². The quantitative estimate of drug-likeness (QED) is 0.354. The Kier molecular flexibility index (Phi) is 5.73. The number of hydrogen-bond donors (Lipinski definition) is 1. The Morgan fingerprint density at radius 2 is 1.94 bits per heavy atom. The van der Waals surface area contributed by atoms with Crippen molar-refractivity contribution in [2.45, 2.75) is 13.0 Å². The molecule has 1 amide bonds. The second kappa shape index (κ2) is 8.61. The van der Waals surface area contributed by atoms with Gasteiger partial charge in [-0.3, -0.25) is 14.5 Å². The van der Waals surface area contributed by atoms with Crippen LogP contribution in [0.3, 0.4) is 0 Å². The number of thiazole rings is 1. The van der Waals surface area contributed by atoms with Gasteiger partial charge in [-0.05, 0) is 36.8 Å². The van der Waals surface area contributed by atoms with E-state index in [1.807, 2.05) is 6.92 Å². The van der Waals surface area contributed by atoms with Crippen LogP contribution in [0.2, 0.25) is 0 Å². The summed E-state index contributed by atoms with van der Waals surface area (Å²) in [7, 11) is 1.51. The zero-order valence-corrected chi connectivity index (χ0v) is 17.8. The standard InChI is InChI=1S/C23H20N2O5S/c1-3-30-16-9-7-14(8-10-16)19-18(20(26)15-5-4-6-17(13-15)29-2)21(27)22(28)25(19)23-24-11-12-31-23/h4-13,19,26H,3H2,1-2H3/b20-18+. The molecule has 1 aliphatic heterocycles. The van der Waals surface area contributed by atoms with Crippen LogP contribution in [0, 0.1) is 0 Å². The van der Waals surface area contributed by atoms with Crippen molar-refractivity contribution in [3.8, 4) is 11.5 Å². The van der Waals surface area contributed by atoms with Gasteiger partial charge >= 0.3 is 5.91 Å². The highest BCUT2D eigenvalue weighted by Crippen LogP contribution is 2.43. The highest BCUT2D eigenvalue weighted by molar-refractivity contribution is 7.14. The van der Waals surface area contributed by atoms with Crippen molar-refractivity contribution in [2.24, 2.45) is 0 Å². The molecule has 0 radical (unpaired) electrons. The molecule has 7 nitrogen and oxygen atoms in total. The van der Waals surface area contributed by atoms with Gasteiger partial charge in [0.1, 0.15) is 17.3 Å². The number of hydrogen-bond acceptors (Lipinski definition) is 7. The van der Waals surface area contributed by atoms with Gasteiger partial charge in [0.15, 0.2) is 5.13 Å². The number of amides is 1. The fraction of sp³-hybridized carbons (Fsp3) is 0.174. The third-order valence-electron chi connectivity index (χ3n) is 4.92. The molecule has 3 aromatic rings. The third-order valence-corrected chi connectivity index (χ3v) is 5.69. The lowest BCUT2D eigenvalue weighted by molar-refractivity contribution is -0.132. The number of rotatable bonds is 6. The number of aliphatic hydroxyl groups is 1. The first-order valence-corrected chi connectivity index (χ1v) is 10.5. The number of carbonyl (C=O) groups excluding carboxylic acids is 2. The molecule has 31 heavy (non-hydrogen) atoms. The van der Waals surface area contributed by atoms with E-state index in [0.29, 0.717) is 34.4 Å². The second-order valence-corrected chi connectivity index (χ2v) is 7.59. The molecule has 2 aromatic carbocycles. The van der Waals surface area contributed by atoms with E-state index >= 15 is 0 Å². The van der Waals surface area contributed by atoms with Crippen LogP contribution in [-0.2, 0) is 9.59 Å². The Bertz CT molecular complexity index is 1140. The number of nitrogens with zero attached hydrogens (tertiary/aromatic N) is 2. The van der Waals surface area contributed by atoms with E-state index in [0.717, 1.165) is 0 Å². The first-order chi connectivity index (χ1) is 15.0. The summed E-state index contributed by atoms with van der Waals surface area (Å²) >= 11 is 1.24. The summed E-state index contributed by atoms with van der Waals surface area (Å²) in [6.07, 6.45) is 1.57. The zero-order chi connectivity index (χ0) is 22.0. The molecule has 4 rings (SSSR count). The highest BCUT2D eigenvalue weighted by atomic mass is 32.1. The topological polar surface area (TPSA) is 89.0 Å². The molecule has 158 valence electrons. The molecular weight excluding hydrogens is 416 g/mol. The van der Waals surface area contributed by atoms with Crippen LogP contribution in [-0.4, -0.2) is 35.5 Å². The maximum Gasteiger partial charge on any atom is 0.301 e. The van der Waals surface area contributed by atoms with Gasteiger partial charge in [0, 0.05) is 17.1 Å². The monoisotopic (exact) mass is 436 g/mol. The van der Waals surface area contributed by atoms with Gasteiger partial charge in [0.05, 0.1) is 25.3 Å². The van der Waals surface area contributed by atoms with Gasteiger partial charge in [0.2, 0.25) is 0 Å². The zero-order valence-electron chi connectivity index (χ0n) is 16.9. The van der Waals surface area contributed by atoms with Crippen molar-refractivity contribution in [3.05, 3.63) is 76.8 Å². The fourth-order valence-electron chi connectivity index (χ4n) is 3.52. The molecule has 1 fully saturated rings. The minimum atomic E-state index is -0.826. The largest absolute Gasteiger partial charge is 0.507 e. The number of ether oxygens (including phenoxy) is 2. The van der Waals surface area contributed by atoms with E-state index in [1.54, 1.807) is 60.1 Å². The number of aromatic nitrogens is 1. The lowest BCUT2D eigenvalue weighted by atomic mass is 9.95. The van der Waals surface area contributed by atoms with Crippen LogP contribution in [0.4, 0.5) is 5.13 Å². The van der Waals surface area contributed by atoms with Gasteiger partial charge in [-0.15, -0.1) is 11.3 Å². The molecule has 0 spiro atoms. The van der Waals surface area contributed by atoms with Gasteiger partial charge in [0.25, 0.3) is 5.78 Å². The van der Waals surface area contributed by atoms with E-state index in [9.17, 15) is 14.7 Å². The SMILES string of the molecule is CCOc1ccc(C2/C(=C(\O)c3cccc(OC)c3)C(=O)C(=O)N2c2nccs2)cc1. The van der Waals surface area contributed by atoms with Gasteiger partial charge in [-0.2, -0.15) is 0 Å². The minimum absolute atomic E-state index is 0.00221. The van der Waals surface area contributed by atoms with Gasteiger partial charge in [-0.1, -0.05) is 24.3 Å². The highest BCUT2D eigenvalue weighted by Gasteiger charge is 2.48. The van der Waals surface area contributed by atoms with E-state index in [2.05, 4.69) is 4.98 Å². The van der Waals surface area contributed by atoms with Crippen molar-refractivity contribution in [1.82, 2.24) is 4.98 Å². The summed E-state index contributed by atoms with van der Waals surface area (Å²) in [4.78, 5) is 31.6. The van der Waals surface area contributed by atoms with Crippen LogP contribution in [0.5, 0.6) is 11.5 Å². The van der Waals surface area contributed by atoms with Crippen LogP contribution in [0.1, 0.15) is 24.1 Å². The summed E-state index contributed by atoms with van der Waals surface area (Å²) in [6.45, 7) is 2.41. The van der Waals surface area contributed by atoms with Crippen LogP contribution in [0.25, 0.3) is 5.76 Å². The van der Waals surface area contributed by atoms with Crippen molar-refractivity contribution in [1.29, 1.82) is 0 Å². The first-order valence-electron chi connectivity index (χ1n) is 9.62. The number of methoxy groups -OCH3 is 1. The van der Waals surface area contributed by atoms with Crippen molar-refractivity contribution >= 4 is 33.9 Å². The normalized spacial score (nSPS) is 17.7. The number of carbonyl (C=O) groups is 2.